The molecule has 2 heterocycles. The molecular weight excluding hydrogens is 376 g/mol. The van der Waals surface area contributed by atoms with E-state index in [0.717, 1.165) is 47.5 Å². The smallest absolute Gasteiger partial charge is 0.275 e. The number of aromatic nitrogens is 2. The van der Waals surface area contributed by atoms with Crippen molar-refractivity contribution < 1.29 is 4.79 Å². The molecule has 0 radical (unpaired) electrons. The number of anilines is 2. The first kappa shape index (κ1) is 20.1. The minimum absolute atomic E-state index is 0.118. The van der Waals surface area contributed by atoms with E-state index in [0.29, 0.717) is 11.3 Å². The Balaban J connectivity index is 1.67. The summed E-state index contributed by atoms with van der Waals surface area (Å²) in [4.78, 5) is 28.0. The van der Waals surface area contributed by atoms with Gasteiger partial charge < -0.3 is 10.2 Å². The van der Waals surface area contributed by atoms with E-state index in [9.17, 15) is 9.59 Å². The number of hydrogen-bond donors (Lipinski definition) is 1. The molecule has 1 amide bonds. The van der Waals surface area contributed by atoms with Gasteiger partial charge in [-0.1, -0.05) is 42.8 Å². The standard InChI is InChI=1S/C24H28N4O2/c1-16-10-11-21(18(3)13-16)25-22(29)15-28-24(30)20-9-5-4-8-19(20)23(26-28)27-12-6-7-17(2)14-27/h4-5,8-11,13,17H,6-7,12,14-15H2,1-3H3,(H,25,29)/t17-/m0/s1. The third kappa shape index (κ3) is 4.08. The van der Waals surface area contributed by atoms with Crippen molar-refractivity contribution in [2.45, 2.75) is 40.2 Å². The molecule has 0 bridgehead atoms. The lowest BCUT2D eigenvalue weighted by Gasteiger charge is -2.32. The number of carbonyl (C=O) groups is 1. The summed E-state index contributed by atoms with van der Waals surface area (Å²) >= 11 is 0. The number of piperidine rings is 1. The first-order chi connectivity index (χ1) is 14.4. The number of nitrogens with zero attached hydrogens (tertiary/aromatic N) is 3. The number of aryl methyl sites for hydroxylation is 2. The van der Waals surface area contributed by atoms with Crippen LogP contribution in [-0.4, -0.2) is 28.8 Å². The van der Waals surface area contributed by atoms with Crippen molar-refractivity contribution in [2.75, 3.05) is 23.3 Å². The zero-order chi connectivity index (χ0) is 21.3. The van der Waals surface area contributed by atoms with E-state index in [1.54, 1.807) is 0 Å². The van der Waals surface area contributed by atoms with Gasteiger partial charge in [-0.05, 0) is 50.3 Å². The second-order valence-electron chi connectivity index (χ2n) is 8.39. The molecule has 1 atom stereocenters. The lowest BCUT2D eigenvalue weighted by atomic mass is 10.00. The third-order valence-corrected chi connectivity index (χ3v) is 5.75. The molecule has 6 heteroatoms. The van der Waals surface area contributed by atoms with Crippen LogP contribution in [0.2, 0.25) is 0 Å². The lowest BCUT2D eigenvalue weighted by Crippen LogP contribution is -2.38. The summed E-state index contributed by atoms with van der Waals surface area (Å²) in [7, 11) is 0. The minimum Gasteiger partial charge on any atom is -0.354 e. The van der Waals surface area contributed by atoms with Gasteiger partial charge in [0.2, 0.25) is 5.91 Å². The number of carbonyl (C=O) groups excluding carboxylic acids is 1. The molecule has 1 saturated heterocycles. The van der Waals surface area contributed by atoms with Crippen molar-refractivity contribution in [2.24, 2.45) is 5.92 Å². The summed E-state index contributed by atoms with van der Waals surface area (Å²) in [6.45, 7) is 7.91. The molecule has 0 unspecified atom stereocenters. The Hall–Kier alpha value is -3.15. The summed E-state index contributed by atoms with van der Waals surface area (Å²) < 4.78 is 1.30. The highest BCUT2D eigenvalue weighted by Crippen LogP contribution is 2.26. The maximum atomic E-state index is 13.0. The molecule has 0 spiro atoms. The highest BCUT2D eigenvalue weighted by molar-refractivity contribution is 5.93. The second-order valence-corrected chi connectivity index (χ2v) is 8.39. The molecule has 1 aliphatic rings. The number of fused-ring (bicyclic) bond motifs is 1. The van der Waals surface area contributed by atoms with Gasteiger partial charge >= 0.3 is 0 Å². The molecule has 156 valence electrons. The quantitative estimate of drug-likeness (QED) is 0.716. The van der Waals surface area contributed by atoms with Crippen molar-refractivity contribution in [3.63, 3.8) is 0 Å². The number of hydrogen-bond acceptors (Lipinski definition) is 4. The Morgan fingerprint density at radius 2 is 1.93 bits per heavy atom. The van der Waals surface area contributed by atoms with Crippen molar-refractivity contribution in [1.82, 2.24) is 9.78 Å². The van der Waals surface area contributed by atoms with Crippen LogP contribution in [0.1, 0.15) is 30.9 Å². The van der Waals surface area contributed by atoms with Gasteiger partial charge in [-0.25, -0.2) is 4.68 Å². The fraction of sp³-hybridized carbons (Fsp3) is 0.375. The molecule has 3 aromatic rings. The summed E-state index contributed by atoms with van der Waals surface area (Å²) in [5, 5.41) is 9.01. The molecule has 1 aliphatic heterocycles. The Bertz CT molecular complexity index is 1150. The SMILES string of the molecule is Cc1ccc(NC(=O)Cn2nc(N3CCC[C@H](C)C3)c3ccccc3c2=O)c(C)c1. The van der Waals surface area contributed by atoms with E-state index in [1.165, 1.54) is 11.1 Å². The molecule has 30 heavy (non-hydrogen) atoms. The molecule has 1 fully saturated rings. The summed E-state index contributed by atoms with van der Waals surface area (Å²) in [5.74, 6) is 1.10. The fourth-order valence-corrected chi connectivity index (χ4v) is 4.22. The zero-order valence-corrected chi connectivity index (χ0v) is 17.8. The summed E-state index contributed by atoms with van der Waals surface area (Å²) in [6, 6.07) is 13.4. The lowest BCUT2D eigenvalue weighted by molar-refractivity contribution is -0.117. The van der Waals surface area contributed by atoms with Crippen molar-refractivity contribution in [1.29, 1.82) is 0 Å². The monoisotopic (exact) mass is 404 g/mol. The highest BCUT2D eigenvalue weighted by Gasteiger charge is 2.22. The Morgan fingerprint density at radius 3 is 2.67 bits per heavy atom. The van der Waals surface area contributed by atoms with E-state index in [2.05, 4.69) is 22.2 Å². The predicted octanol–water partition coefficient (Wildman–Crippen LogP) is 3.89. The third-order valence-electron chi connectivity index (χ3n) is 5.75. The van der Waals surface area contributed by atoms with Crippen LogP contribution in [0.25, 0.3) is 10.8 Å². The second kappa shape index (κ2) is 8.30. The molecule has 2 aromatic carbocycles. The van der Waals surface area contributed by atoms with Gasteiger partial charge in [0.1, 0.15) is 6.54 Å². The largest absolute Gasteiger partial charge is 0.354 e. The van der Waals surface area contributed by atoms with Crippen LogP contribution in [-0.2, 0) is 11.3 Å². The first-order valence-corrected chi connectivity index (χ1v) is 10.5. The van der Waals surface area contributed by atoms with Gasteiger partial charge in [0.25, 0.3) is 5.56 Å². The van der Waals surface area contributed by atoms with Crippen LogP contribution in [0.5, 0.6) is 0 Å². The Morgan fingerprint density at radius 1 is 1.17 bits per heavy atom. The van der Waals surface area contributed by atoms with Crippen LogP contribution in [0.3, 0.4) is 0 Å². The predicted molar refractivity (Wildman–Crippen MR) is 121 cm³/mol. The Kier molecular flexibility index (Phi) is 5.57. The number of amides is 1. The highest BCUT2D eigenvalue weighted by atomic mass is 16.2. The summed E-state index contributed by atoms with van der Waals surface area (Å²) in [6.07, 6.45) is 2.30. The van der Waals surface area contributed by atoms with Gasteiger partial charge in [-0.3, -0.25) is 9.59 Å². The molecule has 4 rings (SSSR count). The van der Waals surface area contributed by atoms with Crippen molar-refractivity contribution in [3.05, 3.63) is 63.9 Å². The minimum atomic E-state index is -0.259. The van der Waals surface area contributed by atoms with E-state index in [1.807, 2.05) is 56.3 Å². The number of benzene rings is 2. The molecule has 6 nitrogen and oxygen atoms in total. The summed E-state index contributed by atoms with van der Waals surface area (Å²) in [5.41, 5.74) is 2.64. The molecule has 0 aliphatic carbocycles. The van der Waals surface area contributed by atoms with Gasteiger partial charge in [0.15, 0.2) is 5.82 Å². The van der Waals surface area contributed by atoms with E-state index in [4.69, 9.17) is 0 Å². The van der Waals surface area contributed by atoms with Crippen LogP contribution in [0.4, 0.5) is 11.5 Å². The van der Waals surface area contributed by atoms with Crippen LogP contribution >= 0.6 is 0 Å². The van der Waals surface area contributed by atoms with Gasteiger partial charge in [0.05, 0.1) is 5.39 Å². The maximum Gasteiger partial charge on any atom is 0.275 e. The zero-order valence-electron chi connectivity index (χ0n) is 17.8. The van der Waals surface area contributed by atoms with Crippen molar-refractivity contribution >= 4 is 28.2 Å². The average molecular weight is 405 g/mol. The average Bonchev–Trinajstić information content (AvgIpc) is 2.72. The number of nitrogens with one attached hydrogen (secondary N) is 1. The topological polar surface area (TPSA) is 67.2 Å². The van der Waals surface area contributed by atoms with Crippen LogP contribution < -0.4 is 15.8 Å². The van der Waals surface area contributed by atoms with Gasteiger partial charge in [0, 0.05) is 24.2 Å². The molecule has 1 aromatic heterocycles. The van der Waals surface area contributed by atoms with Crippen molar-refractivity contribution in [3.8, 4) is 0 Å². The van der Waals surface area contributed by atoms with E-state index in [-0.39, 0.29) is 18.0 Å². The molecule has 1 N–H and O–H groups in total. The number of rotatable bonds is 4. The van der Waals surface area contributed by atoms with Crippen LogP contribution in [0.15, 0.2) is 47.3 Å². The van der Waals surface area contributed by atoms with Gasteiger partial charge in [-0.2, -0.15) is 5.10 Å². The van der Waals surface area contributed by atoms with Gasteiger partial charge in [-0.15, -0.1) is 0 Å². The molecular formula is C24H28N4O2. The van der Waals surface area contributed by atoms with Crippen LogP contribution in [0, 0.1) is 19.8 Å². The Labute approximate surface area is 176 Å². The first-order valence-electron chi connectivity index (χ1n) is 10.5. The molecule has 0 saturated carbocycles. The fourth-order valence-electron chi connectivity index (χ4n) is 4.22. The van der Waals surface area contributed by atoms with E-state index >= 15 is 0 Å². The van der Waals surface area contributed by atoms with E-state index < -0.39 is 0 Å². The normalized spacial score (nSPS) is 16.6. The maximum absolute atomic E-state index is 13.0.